The molecule has 0 aliphatic heterocycles. The SMILES string of the molecule is COc1cccc(-c2noc(CN(C)S(=O)(=O)c3nnc(NC(C)=O)s3)n2)c1. The van der Waals surface area contributed by atoms with Crippen molar-refractivity contribution in [2.45, 2.75) is 17.8 Å². The van der Waals surface area contributed by atoms with Crippen LogP contribution < -0.4 is 10.1 Å². The summed E-state index contributed by atoms with van der Waals surface area (Å²) >= 11 is 0.749. The minimum atomic E-state index is -3.94. The molecule has 0 atom stereocenters. The third kappa shape index (κ3) is 4.32. The van der Waals surface area contributed by atoms with Crippen molar-refractivity contribution in [3.63, 3.8) is 0 Å². The number of carbonyl (C=O) groups is 1. The van der Waals surface area contributed by atoms with Crippen LogP contribution >= 0.6 is 11.3 Å². The number of anilines is 1. The predicted molar refractivity (Wildman–Crippen MR) is 99.2 cm³/mol. The molecule has 1 amide bonds. The number of benzene rings is 1. The lowest BCUT2D eigenvalue weighted by molar-refractivity contribution is -0.114. The molecule has 0 bridgehead atoms. The predicted octanol–water partition coefficient (Wildman–Crippen LogP) is 1.38. The molecule has 0 aliphatic rings. The van der Waals surface area contributed by atoms with Gasteiger partial charge in [-0.15, -0.1) is 10.2 Å². The Hall–Kier alpha value is -2.90. The Kier molecular flexibility index (Phi) is 5.67. The van der Waals surface area contributed by atoms with Gasteiger partial charge in [0.15, 0.2) is 0 Å². The van der Waals surface area contributed by atoms with Crippen molar-refractivity contribution in [3.8, 4) is 17.1 Å². The number of amides is 1. The number of aromatic nitrogens is 4. The fourth-order valence-electron chi connectivity index (χ4n) is 2.12. The Morgan fingerprint density at radius 1 is 1.36 bits per heavy atom. The van der Waals surface area contributed by atoms with E-state index >= 15 is 0 Å². The van der Waals surface area contributed by atoms with Crippen molar-refractivity contribution < 1.29 is 22.5 Å². The zero-order valence-corrected chi connectivity index (χ0v) is 16.7. The van der Waals surface area contributed by atoms with Crippen LogP contribution in [0.2, 0.25) is 0 Å². The summed E-state index contributed by atoms with van der Waals surface area (Å²) in [6, 6.07) is 7.08. The summed E-state index contributed by atoms with van der Waals surface area (Å²) in [5, 5.41) is 13.6. The van der Waals surface area contributed by atoms with Gasteiger partial charge in [-0.25, -0.2) is 8.42 Å². The van der Waals surface area contributed by atoms with Crippen molar-refractivity contribution in [1.82, 2.24) is 24.6 Å². The topological polar surface area (TPSA) is 140 Å². The number of carbonyl (C=O) groups excluding carboxylic acids is 1. The molecular formula is C15H16N6O5S2. The van der Waals surface area contributed by atoms with E-state index in [1.54, 1.807) is 31.4 Å². The number of hydrogen-bond acceptors (Lipinski definition) is 10. The van der Waals surface area contributed by atoms with Crippen molar-refractivity contribution in [2.24, 2.45) is 0 Å². The summed E-state index contributed by atoms with van der Waals surface area (Å²) in [6.07, 6.45) is 0. The van der Waals surface area contributed by atoms with Crippen LogP contribution in [0.15, 0.2) is 33.1 Å². The van der Waals surface area contributed by atoms with Crippen LogP contribution in [0.3, 0.4) is 0 Å². The summed E-state index contributed by atoms with van der Waals surface area (Å²) in [5.74, 6) is 0.679. The molecule has 3 rings (SSSR count). The lowest BCUT2D eigenvalue weighted by Gasteiger charge is -2.11. The molecule has 1 N–H and O–H groups in total. The molecule has 3 aromatic rings. The van der Waals surface area contributed by atoms with Gasteiger partial charge in [-0.2, -0.15) is 9.29 Å². The van der Waals surface area contributed by atoms with E-state index in [0.717, 1.165) is 15.6 Å². The number of rotatable bonds is 7. The molecular weight excluding hydrogens is 408 g/mol. The van der Waals surface area contributed by atoms with Crippen LogP contribution in [-0.2, 0) is 21.4 Å². The first-order chi connectivity index (χ1) is 13.3. The standard InChI is InChI=1S/C15H16N6O5S2/c1-9(22)16-14-18-19-15(27-14)28(23,24)21(2)8-12-17-13(20-26-12)10-5-4-6-11(7-10)25-3/h4-7H,8H2,1-3H3,(H,16,18,22). The summed E-state index contributed by atoms with van der Waals surface area (Å²) in [5.41, 5.74) is 0.670. The highest BCUT2D eigenvalue weighted by Gasteiger charge is 2.27. The molecule has 28 heavy (non-hydrogen) atoms. The summed E-state index contributed by atoms with van der Waals surface area (Å²) in [4.78, 5) is 15.3. The van der Waals surface area contributed by atoms with E-state index in [-0.39, 0.29) is 27.8 Å². The second-order valence-electron chi connectivity index (χ2n) is 5.56. The fourth-order valence-corrected chi connectivity index (χ4v) is 4.38. The molecule has 0 radical (unpaired) electrons. The first-order valence-corrected chi connectivity index (χ1v) is 10.1. The van der Waals surface area contributed by atoms with Gasteiger partial charge in [0.1, 0.15) is 5.75 Å². The smallest absolute Gasteiger partial charge is 0.272 e. The van der Waals surface area contributed by atoms with Crippen LogP contribution in [0.5, 0.6) is 5.75 Å². The average molecular weight is 424 g/mol. The zero-order chi connectivity index (χ0) is 20.3. The van der Waals surface area contributed by atoms with Crippen molar-refractivity contribution in [1.29, 1.82) is 0 Å². The lowest BCUT2D eigenvalue weighted by atomic mass is 10.2. The number of nitrogens with zero attached hydrogens (tertiary/aromatic N) is 5. The van der Waals surface area contributed by atoms with Crippen molar-refractivity contribution >= 4 is 32.4 Å². The number of sulfonamides is 1. The van der Waals surface area contributed by atoms with E-state index < -0.39 is 10.0 Å². The minimum Gasteiger partial charge on any atom is -0.497 e. The Morgan fingerprint density at radius 3 is 2.86 bits per heavy atom. The molecule has 2 heterocycles. The largest absolute Gasteiger partial charge is 0.497 e. The fraction of sp³-hybridized carbons (Fsp3) is 0.267. The number of hydrogen-bond donors (Lipinski definition) is 1. The van der Waals surface area contributed by atoms with E-state index in [2.05, 4.69) is 25.7 Å². The maximum atomic E-state index is 12.6. The summed E-state index contributed by atoms with van der Waals surface area (Å²) < 4.78 is 36.3. The molecule has 1 aromatic carbocycles. The number of ether oxygens (including phenoxy) is 1. The Bertz CT molecular complexity index is 1090. The highest BCUT2D eigenvalue weighted by molar-refractivity contribution is 7.91. The molecule has 11 nitrogen and oxygen atoms in total. The van der Waals surface area contributed by atoms with E-state index in [9.17, 15) is 13.2 Å². The average Bonchev–Trinajstić information content (AvgIpc) is 3.31. The van der Waals surface area contributed by atoms with Crippen LogP contribution in [0, 0.1) is 0 Å². The van der Waals surface area contributed by atoms with Gasteiger partial charge in [0, 0.05) is 19.5 Å². The van der Waals surface area contributed by atoms with Gasteiger partial charge < -0.3 is 14.6 Å². The van der Waals surface area contributed by atoms with E-state index in [1.807, 2.05) is 0 Å². The van der Waals surface area contributed by atoms with Crippen LogP contribution in [-0.4, -0.2) is 53.1 Å². The Labute approximate surface area is 164 Å². The molecule has 0 saturated heterocycles. The van der Waals surface area contributed by atoms with Gasteiger partial charge in [0.25, 0.3) is 10.0 Å². The maximum Gasteiger partial charge on any atom is 0.272 e. The van der Waals surface area contributed by atoms with E-state index in [0.29, 0.717) is 17.1 Å². The molecule has 0 saturated carbocycles. The monoisotopic (exact) mass is 424 g/mol. The third-order valence-electron chi connectivity index (χ3n) is 3.47. The Balaban J connectivity index is 1.75. The molecule has 13 heteroatoms. The maximum absolute atomic E-state index is 12.6. The van der Waals surface area contributed by atoms with Crippen LogP contribution in [0.4, 0.5) is 5.13 Å². The summed E-state index contributed by atoms with van der Waals surface area (Å²) in [6.45, 7) is 1.13. The van der Waals surface area contributed by atoms with Gasteiger partial charge in [-0.1, -0.05) is 28.6 Å². The van der Waals surface area contributed by atoms with Gasteiger partial charge in [-0.05, 0) is 12.1 Å². The van der Waals surface area contributed by atoms with Gasteiger partial charge >= 0.3 is 0 Å². The first-order valence-electron chi connectivity index (χ1n) is 7.84. The molecule has 0 fully saturated rings. The van der Waals surface area contributed by atoms with Crippen LogP contribution in [0.25, 0.3) is 11.4 Å². The van der Waals surface area contributed by atoms with Crippen molar-refractivity contribution in [2.75, 3.05) is 19.5 Å². The molecule has 2 aromatic heterocycles. The first kappa shape index (κ1) is 19.9. The normalized spacial score (nSPS) is 11.6. The minimum absolute atomic E-state index is 0.0950. The second-order valence-corrected chi connectivity index (χ2v) is 8.76. The third-order valence-corrected chi connectivity index (χ3v) is 6.46. The Morgan fingerprint density at radius 2 is 2.14 bits per heavy atom. The number of methoxy groups -OCH3 is 1. The van der Waals surface area contributed by atoms with Crippen molar-refractivity contribution in [3.05, 3.63) is 30.2 Å². The van der Waals surface area contributed by atoms with Gasteiger partial charge in [0.2, 0.25) is 27.1 Å². The highest BCUT2D eigenvalue weighted by atomic mass is 32.2. The van der Waals surface area contributed by atoms with Gasteiger partial charge in [0.05, 0.1) is 13.7 Å². The number of nitrogens with one attached hydrogen (secondary N) is 1. The molecule has 0 aliphatic carbocycles. The molecule has 0 unspecified atom stereocenters. The quantitative estimate of drug-likeness (QED) is 0.557. The molecule has 148 valence electrons. The second kappa shape index (κ2) is 8.00. The van der Waals surface area contributed by atoms with E-state index in [4.69, 9.17) is 9.26 Å². The lowest BCUT2D eigenvalue weighted by Crippen LogP contribution is -2.26. The molecule has 0 spiro atoms. The highest BCUT2D eigenvalue weighted by Crippen LogP contribution is 2.25. The summed E-state index contributed by atoms with van der Waals surface area (Å²) in [7, 11) is -1.04. The van der Waals surface area contributed by atoms with E-state index in [1.165, 1.54) is 14.0 Å². The van der Waals surface area contributed by atoms with Gasteiger partial charge in [-0.3, -0.25) is 4.79 Å². The zero-order valence-electron chi connectivity index (χ0n) is 15.1. The van der Waals surface area contributed by atoms with Crippen LogP contribution in [0.1, 0.15) is 12.8 Å².